The molecule has 6 heteroatoms. The van der Waals surface area contributed by atoms with Crippen LogP contribution in [-0.4, -0.2) is 17.1 Å². The quantitative estimate of drug-likeness (QED) is 0.416. The molecule has 5 nitrogen and oxygen atoms in total. The molecule has 164 valence electrons. The van der Waals surface area contributed by atoms with Crippen LogP contribution in [0.25, 0.3) is 0 Å². The lowest BCUT2D eigenvalue weighted by atomic mass is 10.1. The van der Waals surface area contributed by atoms with Crippen molar-refractivity contribution in [2.24, 2.45) is 0 Å². The molecule has 1 saturated heterocycles. The third-order valence-corrected chi connectivity index (χ3v) is 6.68. The fourth-order valence-corrected chi connectivity index (χ4v) is 5.07. The summed E-state index contributed by atoms with van der Waals surface area (Å²) in [6.45, 7) is 3.88. The summed E-state index contributed by atoms with van der Waals surface area (Å²) in [7, 11) is 0. The second kappa shape index (κ2) is 9.76. The zero-order chi connectivity index (χ0) is 23.4. The summed E-state index contributed by atoms with van der Waals surface area (Å²) in [6, 6.07) is 26.6. The highest BCUT2D eigenvalue weighted by molar-refractivity contribution is 8.05. The third-order valence-electron chi connectivity index (χ3n) is 5.41. The lowest BCUT2D eigenvalue weighted by molar-refractivity contribution is -0.117. The lowest BCUT2D eigenvalue weighted by Crippen LogP contribution is -2.30. The van der Waals surface area contributed by atoms with Gasteiger partial charge in [-0.2, -0.15) is 5.26 Å². The Balaban J connectivity index is 1.72. The minimum absolute atomic E-state index is 0.0762. The van der Waals surface area contributed by atoms with Crippen molar-refractivity contribution < 1.29 is 9.59 Å². The summed E-state index contributed by atoms with van der Waals surface area (Å²) in [4.78, 5) is 28.1. The number of nitriles is 1. The van der Waals surface area contributed by atoms with Gasteiger partial charge in [0.1, 0.15) is 16.7 Å². The molecular weight excluding hydrogens is 430 g/mol. The number of carbonyl (C=O) groups is 2. The zero-order valence-electron chi connectivity index (χ0n) is 18.4. The third kappa shape index (κ3) is 4.84. The van der Waals surface area contributed by atoms with Gasteiger partial charge in [0.15, 0.2) is 0 Å². The van der Waals surface area contributed by atoms with Crippen LogP contribution in [0.2, 0.25) is 0 Å². The van der Waals surface area contributed by atoms with Crippen LogP contribution >= 0.6 is 11.8 Å². The van der Waals surface area contributed by atoms with Crippen molar-refractivity contribution in [3.63, 3.8) is 0 Å². The van der Waals surface area contributed by atoms with Crippen LogP contribution in [0.4, 0.5) is 11.4 Å². The SMILES string of the molecule is Cc1ccc(NC(=O)/C(C#N)=C2\S[C@@H](Cc3ccccc3)C(=O)N2c2ccccc2)c(C)c1. The molecule has 1 heterocycles. The van der Waals surface area contributed by atoms with Crippen LogP contribution in [0.5, 0.6) is 0 Å². The van der Waals surface area contributed by atoms with Gasteiger partial charge in [-0.05, 0) is 49.6 Å². The fourth-order valence-electron chi connectivity index (χ4n) is 3.77. The van der Waals surface area contributed by atoms with Crippen molar-refractivity contribution in [3.8, 4) is 6.07 Å². The Labute approximate surface area is 197 Å². The zero-order valence-corrected chi connectivity index (χ0v) is 19.2. The largest absolute Gasteiger partial charge is 0.321 e. The van der Waals surface area contributed by atoms with E-state index in [0.717, 1.165) is 16.7 Å². The van der Waals surface area contributed by atoms with Crippen LogP contribution < -0.4 is 10.2 Å². The number of nitrogens with one attached hydrogen (secondary N) is 1. The fraction of sp³-hybridized carbons (Fsp3) is 0.148. The molecule has 1 atom stereocenters. The van der Waals surface area contributed by atoms with Crippen LogP contribution in [0.3, 0.4) is 0 Å². The minimum atomic E-state index is -0.527. The Morgan fingerprint density at radius 2 is 1.70 bits per heavy atom. The Bertz CT molecular complexity index is 1260. The smallest absolute Gasteiger partial charge is 0.269 e. The molecule has 0 saturated carbocycles. The summed E-state index contributed by atoms with van der Waals surface area (Å²) in [5.41, 5.74) is 4.21. The van der Waals surface area contributed by atoms with Gasteiger partial charge in [0, 0.05) is 11.4 Å². The molecule has 1 N–H and O–H groups in total. The van der Waals surface area contributed by atoms with E-state index in [2.05, 4.69) is 11.4 Å². The summed E-state index contributed by atoms with van der Waals surface area (Å²) < 4.78 is 0. The number of thioether (sulfide) groups is 1. The van der Waals surface area contributed by atoms with Crippen molar-refractivity contribution >= 4 is 35.0 Å². The van der Waals surface area contributed by atoms with Gasteiger partial charge in [-0.15, -0.1) is 0 Å². The van der Waals surface area contributed by atoms with E-state index in [0.29, 0.717) is 22.8 Å². The van der Waals surface area contributed by atoms with E-state index in [1.54, 1.807) is 12.1 Å². The maximum atomic E-state index is 13.4. The molecule has 0 aliphatic carbocycles. The topological polar surface area (TPSA) is 73.2 Å². The first-order chi connectivity index (χ1) is 16.0. The molecule has 0 radical (unpaired) electrons. The molecule has 4 rings (SSSR count). The van der Waals surface area contributed by atoms with E-state index in [4.69, 9.17) is 0 Å². The van der Waals surface area contributed by atoms with E-state index in [1.807, 2.05) is 80.6 Å². The van der Waals surface area contributed by atoms with Crippen molar-refractivity contribution in [2.45, 2.75) is 25.5 Å². The predicted octanol–water partition coefficient (Wildman–Crippen LogP) is 5.37. The molecule has 3 aromatic carbocycles. The van der Waals surface area contributed by atoms with Gasteiger partial charge >= 0.3 is 0 Å². The average molecular weight is 454 g/mol. The number of hydrogen-bond acceptors (Lipinski definition) is 4. The predicted molar refractivity (Wildman–Crippen MR) is 133 cm³/mol. The standard InChI is InChI=1S/C27H23N3O2S/c1-18-13-14-23(19(2)15-18)29-25(31)22(17-28)27-30(21-11-7-4-8-12-21)26(32)24(33-27)16-20-9-5-3-6-10-20/h3-15,24H,16H2,1-2H3,(H,29,31)/b27-22-/t24-/m0/s1. The summed E-state index contributed by atoms with van der Waals surface area (Å²) in [6.07, 6.45) is 0.509. The lowest BCUT2D eigenvalue weighted by Gasteiger charge is -2.18. The van der Waals surface area contributed by atoms with E-state index >= 15 is 0 Å². The number of rotatable bonds is 5. The number of aryl methyl sites for hydroxylation is 2. The summed E-state index contributed by atoms with van der Waals surface area (Å²) in [5, 5.41) is 12.7. The minimum Gasteiger partial charge on any atom is -0.321 e. The maximum Gasteiger partial charge on any atom is 0.269 e. The van der Waals surface area contributed by atoms with E-state index in [1.165, 1.54) is 16.7 Å². The van der Waals surface area contributed by atoms with Crippen LogP contribution in [0.15, 0.2) is 89.5 Å². The van der Waals surface area contributed by atoms with Crippen molar-refractivity contribution in [2.75, 3.05) is 10.2 Å². The Morgan fingerprint density at radius 3 is 2.33 bits per heavy atom. The number of anilines is 2. The number of carbonyl (C=O) groups excluding carboxylic acids is 2. The highest BCUT2D eigenvalue weighted by Gasteiger charge is 2.40. The molecule has 0 aromatic heterocycles. The second-order valence-corrected chi connectivity index (χ2v) is 9.06. The van der Waals surface area contributed by atoms with Crippen molar-refractivity contribution in [1.82, 2.24) is 0 Å². The Kier molecular flexibility index (Phi) is 6.62. The first kappa shape index (κ1) is 22.4. The number of hydrogen-bond donors (Lipinski definition) is 1. The highest BCUT2D eigenvalue weighted by atomic mass is 32.2. The molecule has 33 heavy (non-hydrogen) atoms. The average Bonchev–Trinajstić information content (AvgIpc) is 3.13. The van der Waals surface area contributed by atoms with E-state index < -0.39 is 11.2 Å². The monoisotopic (exact) mass is 453 g/mol. The van der Waals surface area contributed by atoms with Crippen LogP contribution in [-0.2, 0) is 16.0 Å². The first-order valence-electron chi connectivity index (χ1n) is 10.6. The highest BCUT2D eigenvalue weighted by Crippen LogP contribution is 2.42. The summed E-state index contributed by atoms with van der Waals surface area (Å²) >= 11 is 1.27. The van der Waals surface area contributed by atoms with Gasteiger partial charge in [-0.1, -0.05) is 78.0 Å². The van der Waals surface area contributed by atoms with Crippen LogP contribution in [0.1, 0.15) is 16.7 Å². The van der Waals surface area contributed by atoms with E-state index in [9.17, 15) is 14.9 Å². The molecule has 1 fully saturated rings. The first-order valence-corrected chi connectivity index (χ1v) is 11.5. The molecule has 1 aliphatic heterocycles. The van der Waals surface area contributed by atoms with Gasteiger partial charge in [0.05, 0.1) is 5.25 Å². The molecule has 0 unspecified atom stereocenters. The number of amides is 2. The van der Waals surface area contributed by atoms with E-state index in [-0.39, 0.29) is 11.5 Å². The summed E-state index contributed by atoms with van der Waals surface area (Å²) in [5.74, 6) is -0.668. The normalized spacial score (nSPS) is 16.9. The van der Waals surface area contributed by atoms with Gasteiger partial charge in [-0.3, -0.25) is 14.5 Å². The van der Waals surface area contributed by atoms with Crippen molar-refractivity contribution in [3.05, 3.63) is 106 Å². The van der Waals surface area contributed by atoms with Crippen molar-refractivity contribution in [1.29, 1.82) is 5.26 Å². The van der Waals surface area contributed by atoms with Gasteiger partial charge in [0.25, 0.3) is 5.91 Å². The van der Waals surface area contributed by atoms with Gasteiger partial charge < -0.3 is 5.32 Å². The maximum absolute atomic E-state index is 13.4. The Morgan fingerprint density at radius 1 is 1.03 bits per heavy atom. The Hall–Kier alpha value is -3.82. The number of benzene rings is 3. The number of nitrogens with zero attached hydrogens (tertiary/aromatic N) is 2. The number of para-hydroxylation sites is 1. The van der Waals surface area contributed by atoms with Crippen LogP contribution in [0, 0.1) is 25.2 Å². The molecule has 3 aromatic rings. The molecule has 0 bridgehead atoms. The molecule has 2 amide bonds. The van der Waals surface area contributed by atoms with Gasteiger partial charge in [-0.25, -0.2) is 0 Å². The molecular formula is C27H23N3O2S. The molecule has 0 spiro atoms. The van der Waals surface area contributed by atoms with Gasteiger partial charge in [0.2, 0.25) is 5.91 Å². The second-order valence-electron chi connectivity index (χ2n) is 7.87. The molecule has 1 aliphatic rings.